The van der Waals surface area contributed by atoms with Crippen molar-refractivity contribution in [1.29, 1.82) is 0 Å². The van der Waals surface area contributed by atoms with Crippen LogP contribution in [0.3, 0.4) is 0 Å². The topological polar surface area (TPSA) is 38.7 Å². The zero-order valence-corrected chi connectivity index (χ0v) is 32.8. The first-order valence-electron chi connectivity index (χ1n) is 19.8. The van der Waals surface area contributed by atoms with Crippen molar-refractivity contribution in [3.05, 3.63) is 212 Å². The fraction of sp³-hybridized carbons (Fsp3) is 0. The Morgan fingerprint density at radius 3 is 1.51 bits per heavy atom. The van der Waals surface area contributed by atoms with Crippen LogP contribution in [0.25, 0.3) is 110 Å². The Balaban J connectivity index is 1.10. The first kappa shape index (κ1) is 34.7. The average molecular weight is 770 g/mol. The third-order valence-corrected chi connectivity index (χ3v) is 12.4. The summed E-state index contributed by atoms with van der Waals surface area (Å²) in [4.78, 5) is 15.9. The van der Waals surface area contributed by atoms with E-state index in [4.69, 9.17) is 15.0 Å². The minimum atomic E-state index is 0.635. The predicted molar refractivity (Wildman–Crippen MR) is 248 cm³/mol. The lowest BCUT2D eigenvalue weighted by atomic mass is 9.97. The molecule has 11 aromatic rings. The fourth-order valence-corrected chi connectivity index (χ4v) is 9.49. The van der Waals surface area contributed by atoms with Crippen molar-refractivity contribution in [3.8, 4) is 78.7 Å². The van der Waals surface area contributed by atoms with Crippen molar-refractivity contribution < 1.29 is 0 Å². The van der Waals surface area contributed by atoms with Crippen LogP contribution in [0.5, 0.6) is 0 Å². The van der Waals surface area contributed by atoms with Gasteiger partial charge in [0.15, 0.2) is 17.5 Å². The van der Waals surface area contributed by atoms with E-state index in [0.717, 1.165) is 44.0 Å². The van der Waals surface area contributed by atoms with Crippen LogP contribution in [0.15, 0.2) is 212 Å². The van der Waals surface area contributed by atoms with E-state index in [0.29, 0.717) is 17.5 Å². The Hall–Kier alpha value is -7.53. The molecule has 0 amide bonds. The summed E-state index contributed by atoms with van der Waals surface area (Å²) in [5.41, 5.74) is 12.3. The lowest BCUT2D eigenvalue weighted by molar-refractivity contribution is 1.08. The third-order valence-electron chi connectivity index (χ3n) is 11.2. The van der Waals surface area contributed by atoms with Crippen molar-refractivity contribution in [2.45, 2.75) is 0 Å². The largest absolute Gasteiger partial charge is 0.208 e. The Labute approximate surface area is 346 Å². The minimum absolute atomic E-state index is 0.635. The summed E-state index contributed by atoms with van der Waals surface area (Å²) in [6.45, 7) is 0. The molecule has 0 fully saturated rings. The average Bonchev–Trinajstić information content (AvgIpc) is 3.71. The predicted octanol–water partition coefficient (Wildman–Crippen LogP) is 15.1. The zero-order valence-electron chi connectivity index (χ0n) is 32.0. The summed E-state index contributed by atoms with van der Waals surface area (Å²) in [6, 6.07) is 75.2. The summed E-state index contributed by atoms with van der Waals surface area (Å²) in [7, 11) is 0. The molecule has 0 unspecified atom stereocenters. The second-order valence-corrected chi connectivity index (χ2v) is 15.8. The van der Waals surface area contributed by atoms with Gasteiger partial charge in [0.25, 0.3) is 0 Å². The van der Waals surface area contributed by atoms with Gasteiger partial charge in [0.1, 0.15) is 0 Å². The number of nitrogens with zero attached hydrogens (tertiary/aromatic N) is 3. The van der Waals surface area contributed by atoms with E-state index < -0.39 is 0 Å². The molecular weight excluding hydrogens is 735 g/mol. The molecule has 0 aliphatic heterocycles. The van der Waals surface area contributed by atoms with E-state index in [2.05, 4.69) is 206 Å². The standard InChI is InChI=1S/C55H35N3S/c1-4-14-36(15-5-1)39-28-31-41(32-29-39)53-56-54(46-24-11-20-40-30-33-43(35-49(40)46)38-18-8-3-9-19-38)58-55(57-53)48-26-13-27-50-51(48)47-25-12-23-45(52(47)59-50)44-22-10-21-42(34-44)37-16-6-2-7-17-37/h1-35H. The number of hydrogen-bond acceptors (Lipinski definition) is 4. The molecule has 59 heavy (non-hydrogen) atoms. The number of thiophene rings is 1. The molecule has 0 atom stereocenters. The molecule has 0 saturated heterocycles. The molecule has 0 radical (unpaired) electrons. The molecule has 0 saturated carbocycles. The first-order chi connectivity index (χ1) is 29.2. The highest BCUT2D eigenvalue weighted by molar-refractivity contribution is 7.26. The third kappa shape index (κ3) is 6.46. The minimum Gasteiger partial charge on any atom is -0.208 e. The van der Waals surface area contributed by atoms with Crippen molar-refractivity contribution in [2.24, 2.45) is 0 Å². The second kappa shape index (κ2) is 14.8. The van der Waals surface area contributed by atoms with Gasteiger partial charge >= 0.3 is 0 Å². The lowest BCUT2D eigenvalue weighted by Crippen LogP contribution is -2.01. The van der Waals surface area contributed by atoms with Gasteiger partial charge in [-0.05, 0) is 73.5 Å². The highest BCUT2D eigenvalue weighted by Gasteiger charge is 2.20. The number of rotatable bonds is 7. The van der Waals surface area contributed by atoms with E-state index in [1.54, 1.807) is 0 Å². The Kier molecular flexibility index (Phi) is 8.68. The van der Waals surface area contributed by atoms with Crippen molar-refractivity contribution >= 4 is 42.3 Å². The molecule has 0 aliphatic rings. The maximum atomic E-state index is 5.36. The second-order valence-electron chi connectivity index (χ2n) is 14.8. The van der Waals surface area contributed by atoms with Gasteiger partial charge in [-0.2, -0.15) is 0 Å². The molecule has 3 nitrogen and oxygen atoms in total. The molecule has 276 valence electrons. The van der Waals surface area contributed by atoms with Crippen molar-refractivity contribution in [2.75, 3.05) is 0 Å². The van der Waals surface area contributed by atoms with Gasteiger partial charge in [0, 0.05) is 36.9 Å². The fourth-order valence-electron chi connectivity index (χ4n) is 8.22. The number of hydrogen-bond donors (Lipinski definition) is 0. The Bertz CT molecular complexity index is 3300. The van der Waals surface area contributed by atoms with Gasteiger partial charge in [-0.3, -0.25) is 0 Å². The van der Waals surface area contributed by atoms with E-state index in [-0.39, 0.29) is 0 Å². The molecule has 11 rings (SSSR count). The van der Waals surface area contributed by atoms with Crippen LogP contribution >= 0.6 is 11.3 Å². The first-order valence-corrected chi connectivity index (χ1v) is 20.7. The highest BCUT2D eigenvalue weighted by Crippen LogP contribution is 2.44. The summed E-state index contributed by atoms with van der Waals surface area (Å²) >= 11 is 1.82. The maximum absolute atomic E-state index is 5.36. The van der Waals surface area contributed by atoms with E-state index in [1.165, 1.54) is 48.2 Å². The molecule has 0 N–H and O–H groups in total. The zero-order chi connectivity index (χ0) is 39.1. The van der Waals surface area contributed by atoms with Gasteiger partial charge in [0.2, 0.25) is 0 Å². The number of fused-ring (bicyclic) bond motifs is 4. The van der Waals surface area contributed by atoms with Crippen LogP contribution < -0.4 is 0 Å². The van der Waals surface area contributed by atoms with E-state index >= 15 is 0 Å². The van der Waals surface area contributed by atoms with Gasteiger partial charge in [-0.15, -0.1) is 11.3 Å². The van der Waals surface area contributed by atoms with Crippen LogP contribution in [0.1, 0.15) is 0 Å². The van der Waals surface area contributed by atoms with Crippen LogP contribution in [-0.4, -0.2) is 15.0 Å². The molecule has 9 aromatic carbocycles. The number of aromatic nitrogens is 3. The molecule has 0 bridgehead atoms. The Morgan fingerprint density at radius 2 is 0.780 bits per heavy atom. The summed E-state index contributed by atoms with van der Waals surface area (Å²) in [6.07, 6.45) is 0. The molecule has 2 heterocycles. The monoisotopic (exact) mass is 769 g/mol. The Morgan fingerprint density at radius 1 is 0.288 bits per heavy atom. The van der Waals surface area contributed by atoms with Gasteiger partial charge in [-0.25, -0.2) is 15.0 Å². The lowest BCUT2D eigenvalue weighted by Gasteiger charge is -2.12. The molecular formula is C55H35N3S. The molecule has 4 heteroatoms. The normalized spacial score (nSPS) is 11.4. The van der Waals surface area contributed by atoms with Crippen molar-refractivity contribution in [3.63, 3.8) is 0 Å². The summed E-state index contributed by atoms with van der Waals surface area (Å²) in [5, 5.41) is 4.57. The van der Waals surface area contributed by atoms with Crippen LogP contribution in [-0.2, 0) is 0 Å². The van der Waals surface area contributed by atoms with Crippen molar-refractivity contribution in [1.82, 2.24) is 15.0 Å². The molecule has 0 spiro atoms. The smallest absolute Gasteiger partial charge is 0.164 e. The SMILES string of the molecule is c1ccc(-c2ccc(-c3nc(-c4cccc5ccc(-c6ccccc6)cc45)nc(-c4cccc5sc6c(-c7cccc(-c8ccccc8)c7)cccc6c45)n3)cc2)cc1. The number of benzene rings is 9. The van der Waals surface area contributed by atoms with Gasteiger partial charge in [0.05, 0.1) is 0 Å². The van der Waals surface area contributed by atoms with Crippen LogP contribution in [0, 0.1) is 0 Å². The highest BCUT2D eigenvalue weighted by atomic mass is 32.1. The summed E-state index contributed by atoms with van der Waals surface area (Å²) < 4.78 is 2.44. The van der Waals surface area contributed by atoms with Gasteiger partial charge in [-0.1, -0.05) is 194 Å². The quantitative estimate of drug-likeness (QED) is 0.162. The molecule has 0 aliphatic carbocycles. The maximum Gasteiger partial charge on any atom is 0.164 e. The molecule has 2 aromatic heterocycles. The van der Waals surface area contributed by atoms with E-state index in [1.807, 2.05) is 17.4 Å². The van der Waals surface area contributed by atoms with Crippen LogP contribution in [0.2, 0.25) is 0 Å². The van der Waals surface area contributed by atoms with E-state index in [9.17, 15) is 0 Å². The van der Waals surface area contributed by atoms with Gasteiger partial charge < -0.3 is 0 Å². The van der Waals surface area contributed by atoms with Crippen LogP contribution in [0.4, 0.5) is 0 Å². The summed E-state index contributed by atoms with van der Waals surface area (Å²) in [5.74, 6) is 1.92.